The molecular weight excluding hydrogens is 514 g/mol. The van der Waals surface area contributed by atoms with Crippen LogP contribution in [0.1, 0.15) is 87.6 Å². The van der Waals surface area contributed by atoms with Gasteiger partial charge in [0.05, 0.1) is 11.8 Å². The second-order valence-electron chi connectivity index (χ2n) is 11.8. The number of hydrogen-bond donors (Lipinski definition) is 1. The van der Waals surface area contributed by atoms with Crippen LogP contribution in [0.2, 0.25) is 0 Å². The smallest absolute Gasteiger partial charge is 0.323 e. The van der Waals surface area contributed by atoms with Gasteiger partial charge >= 0.3 is 23.9 Å². The average Bonchev–Trinajstić information content (AvgIpc) is 2.87. The summed E-state index contributed by atoms with van der Waals surface area (Å²) in [4.78, 5) is 50.0. The molecule has 9 heteroatoms. The molecule has 0 fully saturated rings. The van der Waals surface area contributed by atoms with E-state index in [-0.39, 0.29) is 47.6 Å². The predicted molar refractivity (Wildman–Crippen MR) is 153 cm³/mol. The Labute approximate surface area is 239 Å². The van der Waals surface area contributed by atoms with Crippen LogP contribution in [0.5, 0.6) is 11.5 Å². The summed E-state index contributed by atoms with van der Waals surface area (Å²) in [6.45, 7) is 18.5. The maximum absolute atomic E-state index is 12.7. The fourth-order valence-electron chi connectivity index (χ4n) is 3.26. The molecule has 1 aromatic carbocycles. The molecule has 0 aliphatic carbocycles. The minimum atomic E-state index is -1.03. The van der Waals surface area contributed by atoms with Crippen molar-refractivity contribution in [1.82, 2.24) is 0 Å². The molecule has 0 aliphatic rings. The molecule has 0 spiro atoms. The van der Waals surface area contributed by atoms with Gasteiger partial charge in [-0.2, -0.15) is 0 Å². The molecule has 1 aromatic rings. The van der Waals surface area contributed by atoms with Crippen LogP contribution in [0, 0.1) is 29.6 Å². The van der Waals surface area contributed by atoms with E-state index in [2.05, 4.69) is 0 Å². The van der Waals surface area contributed by atoms with Gasteiger partial charge in [0.25, 0.3) is 0 Å². The fourth-order valence-corrected chi connectivity index (χ4v) is 3.26. The fraction of sp³-hybridized carbons (Fsp3) is 0.677. The van der Waals surface area contributed by atoms with Crippen LogP contribution in [-0.4, -0.2) is 42.1 Å². The zero-order chi connectivity index (χ0) is 30.7. The van der Waals surface area contributed by atoms with E-state index in [1.165, 1.54) is 6.07 Å². The largest absolute Gasteiger partial charge is 0.459 e. The number of esters is 4. The van der Waals surface area contributed by atoms with Gasteiger partial charge < -0.3 is 24.7 Å². The van der Waals surface area contributed by atoms with Crippen LogP contribution >= 0.6 is 0 Å². The van der Waals surface area contributed by atoms with Gasteiger partial charge in [0, 0.05) is 6.42 Å². The molecule has 1 rings (SSSR count). The number of carbonyl (C=O) groups excluding carboxylic acids is 4. The molecule has 2 unspecified atom stereocenters. The van der Waals surface area contributed by atoms with E-state index in [0.717, 1.165) is 0 Å². The Morgan fingerprint density at radius 2 is 1.20 bits per heavy atom. The quantitative estimate of drug-likeness (QED) is 0.224. The predicted octanol–water partition coefficient (Wildman–Crippen LogP) is 5.25. The van der Waals surface area contributed by atoms with Crippen LogP contribution < -0.4 is 15.2 Å². The number of hydrogen-bond acceptors (Lipinski definition) is 9. The molecule has 0 saturated heterocycles. The molecule has 0 heterocycles. The van der Waals surface area contributed by atoms with Crippen molar-refractivity contribution in [1.29, 1.82) is 0 Å². The third-order valence-electron chi connectivity index (χ3n) is 7.14. The summed E-state index contributed by atoms with van der Waals surface area (Å²) in [5.74, 6) is -1.97. The summed E-state index contributed by atoms with van der Waals surface area (Å²) >= 11 is 0. The molecule has 40 heavy (non-hydrogen) atoms. The highest BCUT2D eigenvalue weighted by Crippen LogP contribution is 2.31. The van der Waals surface area contributed by atoms with Gasteiger partial charge in [0.1, 0.15) is 18.2 Å². The Bertz CT molecular complexity index is 1000. The number of ether oxygens (including phenoxy) is 4. The number of benzene rings is 1. The number of rotatable bonds is 15. The summed E-state index contributed by atoms with van der Waals surface area (Å²) < 4.78 is 22.0. The van der Waals surface area contributed by atoms with E-state index in [1.54, 1.807) is 39.8 Å². The zero-order valence-electron chi connectivity index (χ0n) is 25.8. The van der Waals surface area contributed by atoms with E-state index in [4.69, 9.17) is 24.7 Å². The van der Waals surface area contributed by atoms with Crippen LogP contribution in [0.3, 0.4) is 0 Å². The first-order chi connectivity index (χ1) is 18.5. The van der Waals surface area contributed by atoms with E-state index in [0.29, 0.717) is 24.3 Å². The van der Waals surface area contributed by atoms with Crippen molar-refractivity contribution in [3.05, 3.63) is 23.8 Å². The van der Waals surface area contributed by atoms with Crippen LogP contribution in [-0.2, 0) is 35.1 Å². The van der Waals surface area contributed by atoms with Gasteiger partial charge in [-0.25, -0.2) is 0 Å². The van der Waals surface area contributed by atoms with Gasteiger partial charge in [-0.3, -0.25) is 19.2 Å². The Balaban J connectivity index is 2.98. The molecule has 2 N–H and O–H groups in total. The van der Waals surface area contributed by atoms with Crippen molar-refractivity contribution < 1.29 is 38.1 Å². The molecule has 0 amide bonds. The lowest BCUT2D eigenvalue weighted by molar-refractivity contribution is -0.166. The summed E-state index contributed by atoms with van der Waals surface area (Å²) in [5.41, 5.74) is 6.72. The van der Waals surface area contributed by atoms with Crippen molar-refractivity contribution in [2.75, 3.05) is 0 Å². The van der Waals surface area contributed by atoms with E-state index < -0.39 is 36.2 Å². The standard InChI is InChI=1S/C31H49NO8/c1-17(2)11-14-28(33)37-22(9)23(10)38-31(36)25(32)15-24-12-13-26(39-29(34)20(7)18(3)4)27(16-24)40-30(35)21(8)19(5)6/h12-13,16-23,25H,11,14-15,32H2,1-10H3/t20?,21?,22-,23-,25-/m0/s1. The Kier molecular flexibility index (Phi) is 14.3. The monoisotopic (exact) mass is 563 g/mol. The van der Waals surface area contributed by atoms with E-state index in [1.807, 2.05) is 41.5 Å². The van der Waals surface area contributed by atoms with Crippen LogP contribution in [0.15, 0.2) is 18.2 Å². The van der Waals surface area contributed by atoms with Crippen molar-refractivity contribution in [3.8, 4) is 11.5 Å². The zero-order valence-corrected chi connectivity index (χ0v) is 25.8. The topological polar surface area (TPSA) is 131 Å². The summed E-state index contributed by atoms with van der Waals surface area (Å²) in [5, 5.41) is 0. The van der Waals surface area contributed by atoms with Crippen LogP contribution in [0.4, 0.5) is 0 Å². The SMILES string of the molecule is CC(C)CCC(=O)O[C@@H](C)[C@H](C)OC(=O)[C@@H](N)Cc1ccc(OC(=O)C(C)C(C)C)c(OC(=O)C(C)C(C)C)c1. The van der Waals surface area contributed by atoms with Gasteiger partial charge in [-0.1, -0.05) is 61.5 Å². The first-order valence-electron chi connectivity index (χ1n) is 14.2. The normalized spacial score (nSPS) is 15.2. The molecule has 5 atom stereocenters. The molecule has 9 nitrogen and oxygen atoms in total. The molecule has 0 radical (unpaired) electrons. The highest BCUT2D eigenvalue weighted by atomic mass is 16.6. The molecule has 226 valence electrons. The van der Waals surface area contributed by atoms with Gasteiger partial charge in [-0.05, 0) is 62.1 Å². The third kappa shape index (κ3) is 11.7. The summed E-state index contributed by atoms with van der Waals surface area (Å²) in [6, 6.07) is 3.70. The van der Waals surface area contributed by atoms with Crippen molar-refractivity contribution in [2.45, 2.75) is 107 Å². The Morgan fingerprint density at radius 1 is 0.700 bits per heavy atom. The lowest BCUT2D eigenvalue weighted by Crippen LogP contribution is -2.39. The second kappa shape index (κ2) is 16.4. The first-order valence-corrected chi connectivity index (χ1v) is 14.2. The van der Waals surface area contributed by atoms with Crippen LogP contribution in [0.25, 0.3) is 0 Å². The third-order valence-corrected chi connectivity index (χ3v) is 7.14. The maximum atomic E-state index is 12.7. The number of carbonyl (C=O) groups is 4. The highest BCUT2D eigenvalue weighted by Gasteiger charge is 2.27. The molecular formula is C31H49NO8. The lowest BCUT2D eigenvalue weighted by Gasteiger charge is -2.23. The van der Waals surface area contributed by atoms with Gasteiger partial charge in [-0.15, -0.1) is 0 Å². The molecule has 0 aliphatic heterocycles. The summed E-state index contributed by atoms with van der Waals surface area (Å²) in [7, 11) is 0. The highest BCUT2D eigenvalue weighted by molar-refractivity contribution is 5.79. The minimum Gasteiger partial charge on any atom is -0.459 e. The van der Waals surface area contributed by atoms with Crippen molar-refractivity contribution in [2.24, 2.45) is 35.3 Å². The minimum absolute atomic E-state index is 0.0460. The maximum Gasteiger partial charge on any atom is 0.323 e. The van der Waals surface area contributed by atoms with E-state index >= 15 is 0 Å². The first kappa shape index (κ1) is 35.1. The second-order valence-corrected chi connectivity index (χ2v) is 11.8. The molecule has 0 aromatic heterocycles. The number of nitrogens with two attached hydrogens (primary N) is 1. The Morgan fingerprint density at radius 3 is 1.70 bits per heavy atom. The molecule has 0 bridgehead atoms. The summed E-state index contributed by atoms with van der Waals surface area (Å²) in [6.07, 6.45) is -0.235. The average molecular weight is 564 g/mol. The van der Waals surface area contributed by atoms with Gasteiger partial charge in [0.2, 0.25) is 0 Å². The van der Waals surface area contributed by atoms with Crippen molar-refractivity contribution in [3.63, 3.8) is 0 Å². The van der Waals surface area contributed by atoms with E-state index in [9.17, 15) is 19.2 Å². The van der Waals surface area contributed by atoms with Gasteiger partial charge in [0.15, 0.2) is 11.5 Å². The lowest BCUT2D eigenvalue weighted by atomic mass is 9.98. The Hall–Kier alpha value is -2.94. The molecule has 0 saturated carbocycles. The van der Waals surface area contributed by atoms with Crippen molar-refractivity contribution >= 4 is 23.9 Å².